The Morgan fingerprint density at radius 1 is 1.61 bits per heavy atom. The zero-order valence-corrected chi connectivity index (χ0v) is 10.2. The Labute approximate surface area is 104 Å². The van der Waals surface area contributed by atoms with Crippen LogP contribution in [0.1, 0.15) is 10.6 Å². The van der Waals surface area contributed by atoms with Gasteiger partial charge < -0.3 is 14.4 Å². The smallest absolute Gasteiger partial charge is 0.290 e. The van der Waals surface area contributed by atoms with Crippen molar-refractivity contribution in [1.82, 2.24) is 9.64 Å². The van der Waals surface area contributed by atoms with Crippen molar-refractivity contribution in [3.05, 3.63) is 22.2 Å². The van der Waals surface area contributed by atoms with E-state index < -0.39 is 11.5 Å². The van der Waals surface area contributed by atoms with Gasteiger partial charge in [0.2, 0.25) is 0 Å². The first-order valence-electron chi connectivity index (χ1n) is 5.77. The van der Waals surface area contributed by atoms with Gasteiger partial charge in [-0.05, 0) is 6.92 Å². The number of hydrogen-bond donors (Lipinski definition) is 1. The van der Waals surface area contributed by atoms with Crippen LogP contribution in [-0.4, -0.2) is 59.6 Å². The van der Waals surface area contributed by atoms with Gasteiger partial charge in [-0.3, -0.25) is 14.5 Å². The lowest BCUT2D eigenvalue weighted by Gasteiger charge is -2.33. The van der Waals surface area contributed by atoms with E-state index in [9.17, 15) is 14.7 Å². The number of rotatable bonds is 3. The van der Waals surface area contributed by atoms with Crippen LogP contribution in [0.2, 0.25) is 0 Å². The number of ether oxygens (including phenoxy) is 1. The topological polar surface area (TPSA) is 84.9 Å². The van der Waals surface area contributed by atoms with Crippen molar-refractivity contribution < 1.29 is 19.2 Å². The Morgan fingerprint density at radius 2 is 2.39 bits per heavy atom. The molecule has 0 bridgehead atoms. The largest absolute Gasteiger partial charge is 0.395 e. The number of carbonyl (C=O) groups excluding carboxylic acids is 1. The Bertz CT molecular complexity index is 478. The summed E-state index contributed by atoms with van der Waals surface area (Å²) in [4.78, 5) is 25.1. The number of nitrogens with zero attached hydrogens (tertiary/aromatic N) is 2. The van der Waals surface area contributed by atoms with Gasteiger partial charge in [0, 0.05) is 12.6 Å². The molecule has 1 aliphatic heterocycles. The highest BCUT2D eigenvalue weighted by Gasteiger charge is 2.25. The predicted octanol–water partition coefficient (Wildman–Crippen LogP) is -0.917. The van der Waals surface area contributed by atoms with E-state index in [0.717, 1.165) is 4.74 Å². The Morgan fingerprint density at radius 3 is 3.00 bits per heavy atom. The molecule has 0 aromatic carbocycles. The molecule has 0 amide bonds. The standard InChI is InChI=1S/C11H16N2O5/c1-8-4-10(15)13(18-8)11(16)5-12-2-3-17-7-9(12)6-14/h4,9,14H,2-3,5-7H2,1H3. The number of aromatic nitrogens is 1. The highest BCUT2D eigenvalue weighted by atomic mass is 16.5. The minimum Gasteiger partial charge on any atom is -0.395 e. The second-order valence-corrected chi connectivity index (χ2v) is 4.25. The molecule has 1 fully saturated rings. The number of hydrogen-bond acceptors (Lipinski definition) is 6. The van der Waals surface area contributed by atoms with E-state index in [1.807, 2.05) is 0 Å². The van der Waals surface area contributed by atoms with Crippen molar-refractivity contribution in [2.45, 2.75) is 13.0 Å². The molecule has 1 aromatic heterocycles. The van der Waals surface area contributed by atoms with Gasteiger partial charge in [0.1, 0.15) is 5.76 Å². The van der Waals surface area contributed by atoms with Crippen LogP contribution in [0.3, 0.4) is 0 Å². The number of carbonyl (C=O) groups is 1. The fraction of sp³-hybridized carbons (Fsp3) is 0.636. The van der Waals surface area contributed by atoms with E-state index in [4.69, 9.17) is 9.26 Å². The van der Waals surface area contributed by atoms with E-state index in [2.05, 4.69) is 0 Å². The molecule has 2 rings (SSSR count). The zero-order valence-electron chi connectivity index (χ0n) is 10.2. The molecule has 100 valence electrons. The maximum atomic E-state index is 11.9. The molecule has 2 heterocycles. The maximum Gasteiger partial charge on any atom is 0.290 e. The summed E-state index contributed by atoms with van der Waals surface area (Å²) < 4.78 is 11.0. The molecule has 0 radical (unpaired) electrons. The van der Waals surface area contributed by atoms with Gasteiger partial charge in [0.15, 0.2) is 0 Å². The summed E-state index contributed by atoms with van der Waals surface area (Å²) in [6, 6.07) is 1.05. The van der Waals surface area contributed by atoms with Gasteiger partial charge in [-0.15, -0.1) is 4.74 Å². The van der Waals surface area contributed by atoms with Crippen LogP contribution >= 0.6 is 0 Å². The molecule has 1 saturated heterocycles. The molecule has 0 aliphatic carbocycles. The Balaban J connectivity index is 2.06. The lowest BCUT2D eigenvalue weighted by molar-refractivity contribution is -0.0263. The second-order valence-electron chi connectivity index (χ2n) is 4.25. The molecule has 1 atom stereocenters. The van der Waals surface area contributed by atoms with E-state index >= 15 is 0 Å². The molecule has 18 heavy (non-hydrogen) atoms. The molecular formula is C11H16N2O5. The summed E-state index contributed by atoms with van der Waals surface area (Å²) in [5, 5.41) is 9.18. The maximum absolute atomic E-state index is 11.9. The van der Waals surface area contributed by atoms with Crippen LogP contribution in [0.4, 0.5) is 0 Å². The predicted molar refractivity (Wildman–Crippen MR) is 61.6 cm³/mol. The fourth-order valence-electron chi connectivity index (χ4n) is 1.93. The van der Waals surface area contributed by atoms with E-state index in [1.54, 1.807) is 11.8 Å². The highest BCUT2D eigenvalue weighted by Crippen LogP contribution is 2.06. The number of aliphatic hydroxyl groups excluding tert-OH is 1. The minimum atomic E-state index is -0.466. The van der Waals surface area contributed by atoms with Gasteiger partial charge in [-0.1, -0.05) is 0 Å². The van der Waals surface area contributed by atoms with Gasteiger partial charge in [-0.25, -0.2) is 0 Å². The summed E-state index contributed by atoms with van der Waals surface area (Å²) in [5.74, 6) is -0.0394. The van der Waals surface area contributed by atoms with Crippen LogP contribution in [0, 0.1) is 6.92 Å². The molecule has 1 aromatic rings. The monoisotopic (exact) mass is 256 g/mol. The molecule has 1 N–H and O–H groups in total. The van der Waals surface area contributed by atoms with E-state index in [-0.39, 0.29) is 19.2 Å². The van der Waals surface area contributed by atoms with Gasteiger partial charge in [0.25, 0.3) is 11.5 Å². The molecule has 0 saturated carbocycles. The third-order valence-corrected chi connectivity index (χ3v) is 2.89. The lowest BCUT2D eigenvalue weighted by atomic mass is 10.2. The summed E-state index contributed by atoms with van der Waals surface area (Å²) in [5.41, 5.74) is -0.466. The molecule has 1 unspecified atom stereocenters. The first kappa shape index (κ1) is 13.0. The quantitative estimate of drug-likeness (QED) is 0.753. The first-order valence-corrected chi connectivity index (χ1v) is 5.77. The third-order valence-electron chi connectivity index (χ3n) is 2.89. The lowest BCUT2D eigenvalue weighted by Crippen LogP contribution is -2.50. The summed E-state index contributed by atoms with van der Waals surface area (Å²) in [6.45, 7) is 2.99. The summed E-state index contributed by atoms with van der Waals surface area (Å²) in [6.07, 6.45) is 0. The Kier molecular flexibility index (Phi) is 3.95. The first-order chi connectivity index (χ1) is 8.61. The van der Waals surface area contributed by atoms with Crippen molar-refractivity contribution in [3.63, 3.8) is 0 Å². The number of aryl methyl sites for hydroxylation is 1. The molecule has 1 aliphatic rings. The van der Waals surface area contributed by atoms with Crippen molar-refractivity contribution >= 4 is 5.91 Å². The molecular weight excluding hydrogens is 240 g/mol. The molecule has 7 nitrogen and oxygen atoms in total. The van der Waals surface area contributed by atoms with Crippen LogP contribution < -0.4 is 5.56 Å². The van der Waals surface area contributed by atoms with E-state index in [0.29, 0.717) is 25.5 Å². The number of morpholine rings is 1. The zero-order chi connectivity index (χ0) is 13.1. The van der Waals surface area contributed by atoms with Crippen molar-refractivity contribution in [2.75, 3.05) is 32.9 Å². The van der Waals surface area contributed by atoms with E-state index in [1.165, 1.54) is 6.07 Å². The van der Waals surface area contributed by atoms with Gasteiger partial charge >= 0.3 is 0 Å². The van der Waals surface area contributed by atoms with Crippen molar-refractivity contribution in [1.29, 1.82) is 0 Å². The molecule has 7 heteroatoms. The van der Waals surface area contributed by atoms with Crippen LogP contribution in [0.25, 0.3) is 0 Å². The highest BCUT2D eigenvalue weighted by molar-refractivity contribution is 5.79. The minimum absolute atomic E-state index is 0.0292. The average Bonchev–Trinajstić information content (AvgIpc) is 2.69. The summed E-state index contributed by atoms with van der Waals surface area (Å²) in [7, 11) is 0. The average molecular weight is 256 g/mol. The SMILES string of the molecule is Cc1cc(=O)n(C(=O)CN2CCOCC2CO)o1. The van der Waals surface area contributed by atoms with Crippen LogP contribution in [-0.2, 0) is 4.74 Å². The van der Waals surface area contributed by atoms with Crippen molar-refractivity contribution in [2.24, 2.45) is 0 Å². The normalized spacial score (nSPS) is 21.1. The second kappa shape index (κ2) is 5.47. The van der Waals surface area contributed by atoms with Gasteiger partial charge in [0.05, 0.1) is 32.4 Å². The number of aliphatic hydroxyl groups is 1. The van der Waals surface area contributed by atoms with Crippen LogP contribution in [0.5, 0.6) is 0 Å². The third kappa shape index (κ3) is 2.69. The van der Waals surface area contributed by atoms with Gasteiger partial charge in [-0.2, -0.15) is 0 Å². The fourth-order valence-corrected chi connectivity index (χ4v) is 1.93. The van der Waals surface area contributed by atoms with Crippen molar-refractivity contribution in [3.8, 4) is 0 Å². The van der Waals surface area contributed by atoms with Crippen LogP contribution in [0.15, 0.2) is 15.4 Å². The summed E-state index contributed by atoms with van der Waals surface area (Å²) >= 11 is 0. The Hall–Kier alpha value is -1.44. The molecule has 0 spiro atoms.